The number of esters is 3. The Labute approximate surface area is 147 Å². The van der Waals surface area contributed by atoms with Crippen molar-refractivity contribution in [3.05, 3.63) is 0 Å². The Hall–Kier alpha value is -1.68. The quantitative estimate of drug-likeness (QED) is 0.384. The Balaban J connectivity index is 3.11. The minimum atomic E-state index is -1.01. The van der Waals surface area contributed by atoms with Crippen LogP contribution in [0.15, 0.2) is 0 Å². The van der Waals surface area contributed by atoms with Crippen LogP contribution in [0.3, 0.4) is 0 Å². The Morgan fingerprint density at radius 2 is 1.50 bits per heavy atom. The SMILES string of the molecule is CC(=O)N[C@@H]1[C@H](OC(C)=O)[C@@H](Br)O[C@H](COC(C)=O)[C@H]1OC(C)=O. The van der Waals surface area contributed by atoms with Crippen LogP contribution in [-0.4, -0.2) is 59.8 Å². The van der Waals surface area contributed by atoms with E-state index in [4.69, 9.17) is 18.9 Å². The van der Waals surface area contributed by atoms with Gasteiger partial charge in [0, 0.05) is 27.7 Å². The third-order valence-electron chi connectivity index (χ3n) is 3.06. The van der Waals surface area contributed by atoms with Gasteiger partial charge in [0.2, 0.25) is 5.91 Å². The third kappa shape index (κ3) is 6.08. The van der Waals surface area contributed by atoms with Crippen LogP contribution in [0, 0.1) is 0 Å². The number of rotatable bonds is 5. The molecule has 0 aromatic rings. The molecule has 1 aliphatic heterocycles. The molecule has 0 saturated carbocycles. The maximum Gasteiger partial charge on any atom is 0.303 e. The van der Waals surface area contributed by atoms with Crippen molar-refractivity contribution in [1.29, 1.82) is 0 Å². The molecule has 0 aliphatic carbocycles. The van der Waals surface area contributed by atoms with Gasteiger partial charge in [-0.25, -0.2) is 0 Å². The van der Waals surface area contributed by atoms with Crippen molar-refractivity contribution in [1.82, 2.24) is 5.32 Å². The van der Waals surface area contributed by atoms with Gasteiger partial charge >= 0.3 is 17.9 Å². The number of nitrogens with one attached hydrogen (secondary N) is 1. The molecule has 1 amide bonds. The van der Waals surface area contributed by atoms with E-state index < -0.39 is 53.2 Å². The van der Waals surface area contributed by atoms with Crippen molar-refractivity contribution in [2.24, 2.45) is 0 Å². The van der Waals surface area contributed by atoms with Crippen LogP contribution in [0.2, 0.25) is 0 Å². The first-order valence-electron chi connectivity index (χ1n) is 7.16. The van der Waals surface area contributed by atoms with Crippen LogP contribution in [0.4, 0.5) is 0 Å². The van der Waals surface area contributed by atoms with Crippen LogP contribution in [0.5, 0.6) is 0 Å². The molecule has 1 N–H and O–H groups in total. The lowest BCUT2D eigenvalue weighted by Crippen LogP contribution is -2.65. The summed E-state index contributed by atoms with van der Waals surface area (Å²) in [4.78, 5) is 45.3. The molecule has 10 heteroatoms. The summed E-state index contributed by atoms with van der Waals surface area (Å²) < 4.78 is 20.9. The van der Waals surface area contributed by atoms with Crippen LogP contribution in [-0.2, 0) is 38.1 Å². The first-order valence-corrected chi connectivity index (χ1v) is 8.07. The molecule has 0 radical (unpaired) electrons. The zero-order valence-electron chi connectivity index (χ0n) is 13.7. The van der Waals surface area contributed by atoms with Gasteiger partial charge in [0.1, 0.15) is 18.8 Å². The van der Waals surface area contributed by atoms with E-state index in [-0.39, 0.29) is 6.61 Å². The lowest BCUT2D eigenvalue weighted by molar-refractivity contribution is -0.204. The first kappa shape index (κ1) is 20.4. The van der Waals surface area contributed by atoms with Crippen LogP contribution in [0.1, 0.15) is 27.7 Å². The predicted molar refractivity (Wildman–Crippen MR) is 82.9 cm³/mol. The smallest absolute Gasteiger partial charge is 0.303 e. The van der Waals surface area contributed by atoms with Crippen molar-refractivity contribution < 1.29 is 38.1 Å². The van der Waals surface area contributed by atoms with Crippen LogP contribution < -0.4 is 5.32 Å². The molecule has 1 aliphatic rings. The van der Waals surface area contributed by atoms with Gasteiger partial charge in [-0.2, -0.15) is 0 Å². The highest BCUT2D eigenvalue weighted by Crippen LogP contribution is 2.29. The molecule has 136 valence electrons. The monoisotopic (exact) mass is 409 g/mol. The number of hydrogen-bond donors (Lipinski definition) is 1. The second-order valence-electron chi connectivity index (χ2n) is 5.20. The Bertz CT molecular complexity index is 511. The van der Waals surface area contributed by atoms with Crippen molar-refractivity contribution in [3.63, 3.8) is 0 Å². The maximum absolute atomic E-state index is 11.5. The molecule has 1 saturated heterocycles. The highest BCUT2D eigenvalue weighted by Gasteiger charge is 2.49. The van der Waals surface area contributed by atoms with Gasteiger partial charge in [-0.3, -0.25) is 19.2 Å². The van der Waals surface area contributed by atoms with E-state index in [1.54, 1.807) is 0 Å². The molecular weight excluding hydrogens is 390 g/mol. The standard InChI is InChI=1S/C14H20BrNO8/c1-6(17)16-11-12(22-8(3)19)10(5-21-7(2)18)24-14(15)13(11)23-9(4)20/h10-14H,5H2,1-4H3,(H,16,17)/t10-,11+,12-,13+,14+/m1/s1. The fourth-order valence-corrected chi connectivity index (χ4v) is 3.01. The molecule has 0 bridgehead atoms. The van der Waals surface area contributed by atoms with Crippen LogP contribution in [0.25, 0.3) is 0 Å². The zero-order chi connectivity index (χ0) is 18.4. The summed E-state index contributed by atoms with van der Waals surface area (Å²) in [6.45, 7) is 4.70. The molecule has 0 aromatic heterocycles. The molecule has 1 heterocycles. The molecule has 0 aromatic carbocycles. The average Bonchev–Trinajstić information content (AvgIpc) is 2.42. The Kier molecular flexibility index (Phi) is 7.61. The minimum Gasteiger partial charge on any atom is -0.463 e. The van der Waals surface area contributed by atoms with Crippen molar-refractivity contribution in [2.45, 2.75) is 57.1 Å². The van der Waals surface area contributed by atoms with Crippen molar-refractivity contribution >= 4 is 39.7 Å². The number of alkyl halides is 1. The number of halogens is 1. The highest BCUT2D eigenvalue weighted by molar-refractivity contribution is 9.09. The topological polar surface area (TPSA) is 117 Å². The van der Waals surface area contributed by atoms with E-state index in [1.165, 1.54) is 27.7 Å². The Morgan fingerprint density at radius 1 is 0.958 bits per heavy atom. The van der Waals surface area contributed by atoms with Gasteiger partial charge in [-0.05, 0) is 0 Å². The number of carbonyl (C=O) groups is 4. The summed E-state index contributed by atoms with van der Waals surface area (Å²) in [7, 11) is 0. The number of amides is 1. The van der Waals surface area contributed by atoms with E-state index in [0.717, 1.165) is 0 Å². The first-order chi connectivity index (χ1) is 11.1. The molecule has 1 fully saturated rings. The summed E-state index contributed by atoms with van der Waals surface area (Å²) in [5.41, 5.74) is 0. The van der Waals surface area contributed by atoms with E-state index in [9.17, 15) is 19.2 Å². The average molecular weight is 410 g/mol. The fourth-order valence-electron chi connectivity index (χ4n) is 2.29. The lowest BCUT2D eigenvalue weighted by Gasteiger charge is -2.43. The van der Waals surface area contributed by atoms with Gasteiger partial charge in [-0.1, -0.05) is 15.9 Å². The lowest BCUT2D eigenvalue weighted by atomic mass is 9.96. The van der Waals surface area contributed by atoms with Gasteiger partial charge in [0.05, 0.1) is 0 Å². The summed E-state index contributed by atoms with van der Waals surface area (Å²) >= 11 is 3.22. The van der Waals surface area contributed by atoms with E-state index in [0.29, 0.717) is 0 Å². The third-order valence-corrected chi connectivity index (χ3v) is 3.80. The zero-order valence-corrected chi connectivity index (χ0v) is 15.3. The maximum atomic E-state index is 11.5. The molecule has 0 unspecified atom stereocenters. The molecule has 9 nitrogen and oxygen atoms in total. The molecule has 1 rings (SSSR count). The molecule has 5 atom stereocenters. The summed E-state index contributed by atoms with van der Waals surface area (Å²) in [6.07, 6.45) is -2.81. The van der Waals surface area contributed by atoms with Crippen molar-refractivity contribution in [3.8, 4) is 0 Å². The Morgan fingerprint density at radius 3 is 1.96 bits per heavy atom. The molecule has 0 spiro atoms. The number of carbonyl (C=O) groups excluding carboxylic acids is 4. The second-order valence-corrected chi connectivity index (χ2v) is 6.11. The summed E-state index contributed by atoms with van der Waals surface area (Å²) in [5, 5.41) is 1.80. The van der Waals surface area contributed by atoms with E-state index in [1.807, 2.05) is 0 Å². The summed E-state index contributed by atoms with van der Waals surface area (Å²) in [6, 6.07) is -0.881. The second kappa shape index (κ2) is 8.97. The molecule has 24 heavy (non-hydrogen) atoms. The minimum absolute atomic E-state index is 0.196. The van der Waals surface area contributed by atoms with E-state index in [2.05, 4.69) is 21.2 Å². The fraction of sp³-hybridized carbons (Fsp3) is 0.714. The largest absolute Gasteiger partial charge is 0.463 e. The van der Waals surface area contributed by atoms with Crippen LogP contribution >= 0.6 is 15.9 Å². The van der Waals surface area contributed by atoms with Gasteiger partial charge in [0.25, 0.3) is 0 Å². The highest BCUT2D eigenvalue weighted by atomic mass is 79.9. The van der Waals surface area contributed by atoms with Gasteiger partial charge in [0.15, 0.2) is 17.2 Å². The normalized spacial score (nSPS) is 29.3. The van der Waals surface area contributed by atoms with Gasteiger partial charge in [-0.15, -0.1) is 0 Å². The number of ether oxygens (including phenoxy) is 4. The predicted octanol–water partition coefficient (Wildman–Crippen LogP) is 0.0374. The van der Waals surface area contributed by atoms with E-state index >= 15 is 0 Å². The summed E-state index contributed by atoms with van der Waals surface area (Å²) in [5.74, 6) is -2.17. The van der Waals surface area contributed by atoms with Gasteiger partial charge < -0.3 is 24.3 Å². The van der Waals surface area contributed by atoms with Crippen molar-refractivity contribution in [2.75, 3.05) is 6.61 Å². The number of hydrogen-bond acceptors (Lipinski definition) is 8. The molecular formula is C14H20BrNO8.